The zero-order valence-electron chi connectivity index (χ0n) is 20.8. The van der Waals surface area contributed by atoms with E-state index in [0.29, 0.717) is 5.75 Å². The third-order valence-corrected chi connectivity index (χ3v) is 8.05. The molecular weight excluding hydrogens is 502 g/mol. The van der Waals surface area contributed by atoms with Gasteiger partial charge in [0.2, 0.25) is 0 Å². The highest BCUT2D eigenvalue weighted by Gasteiger charge is 2.21. The highest BCUT2D eigenvalue weighted by atomic mass is 79.9. The molecule has 2 aliphatic heterocycles. The Balaban J connectivity index is 1.45. The second-order valence-electron chi connectivity index (χ2n) is 10.6. The molecule has 0 spiro atoms. The van der Waals surface area contributed by atoms with Gasteiger partial charge in [0, 0.05) is 35.5 Å². The van der Waals surface area contributed by atoms with Crippen LogP contribution >= 0.6 is 15.9 Å². The normalized spacial score (nSPS) is 18.8. The maximum absolute atomic E-state index is 11.4. The minimum Gasteiger partial charge on any atom is -0.505 e. The Labute approximate surface area is 216 Å². The number of aromatic hydroxyl groups is 1. The fourth-order valence-electron chi connectivity index (χ4n) is 5.26. The first-order chi connectivity index (χ1) is 16.9. The summed E-state index contributed by atoms with van der Waals surface area (Å²) in [5.41, 5.74) is 5.43. The fraction of sp³-hybridized carbons (Fsp3) is 0.500. The minimum atomic E-state index is 0.335. The molecule has 0 radical (unpaired) electrons. The molecule has 35 heavy (non-hydrogen) atoms. The Hall–Kier alpha value is -2.22. The van der Waals surface area contributed by atoms with Crippen LogP contribution in [0.1, 0.15) is 50.7 Å². The fourth-order valence-corrected chi connectivity index (χ4v) is 5.58. The molecule has 0 aliphatic carbocycles. The van der Waals surface area contributed by atoms with Gasteiger partial charge in [-0.15, -0.1) is 0 Å². The van der Waals surface area contributed by atoms with Gasteiger partial charge in [0.1, 0.15) is 11.3 Å². The van der Waals surface area contributed by atoms with Gasteiger partial charge in [-0.05, 0) is 109 Å². The number of likely N-dealkylation sites (tertiary alicyclic amines) is 2. The monoisotopic (exact) mass is 537 g/mol. The largest absolute Gasteiger partial charge is 0.505 e. The SMILES string of the molecule is CC1CCN(Cc2cc(CN3CCC(C)CC3)c(O)c(Nc3ccnc4cc(Br)cnc34)c2)CC1. The van der Waals surface area contributed by atoms with Gasteiger partial charge in [-0.3, -0.25) is 19.8 Å². The van der Waals surface area contributed by atoms with Gasteiger partial charge in [0.15, 0.2) is 0 Å². The lowest BCUT2D eigenvalue weighted by Gasteiger charge is -2.32. The zero-order valence-corrected chi connectivity index (χ0v) is 22.4. The molecule has 186 valence electrons. The number of nitrogens with zero attached hydrogens (tertiary/aromatic N) is 4. The third-order valence-electron chi connectivity index (χ3n) is 7.61. The Bertz CT molecular complexity index is 1170. The van der Waals surface area contributed by atoms with Gasteiger partial charge < -0.3 is 10.4 Å². The van der Waals surface area contributed by atoms with E-state index in [1.165, 1.54) is 31.2 Å². The first-order valence-corrected chi connectivity index (χ1v) is 13.7. The molecule has 2 aromatic heterocycles. The summed E-state index contributed by atoms with van der Waals surface area (Å²) in [5, 5.41) is 14.9. The highest BCUT2D eigenvalue weighted by Crippen LogP contribution is 2.36. The summed E-state index contributed by atoms with van der Waals surface area (Å²) < 4.78 is 0.897. The summed E-state index contributed by atoms with van der Waals surface area (Å²) in [6.07, 6.45) is 8.53. The number of pyridine rings is 2. The number of nitrogens with one attached hydrogen (secondary N) is 1. The second kappa shape index (κ2) is 10.8. The lowest BCUT2D eigenvalue weighted by molar-refractivity contribution is 0.181. The van der Waals surface area contributed by atoms with Crippen LogP contribution in [0.5, 0.6) is 5.75 Å². The summed E-state index contributed by atoms with van der Waals surface area (Å²) in [6.45, 7) is 10.8. The maximum atomic E-state index is 11.4. The van der Waals surface area contributed by atoms with Crippen molar-refractivity contribution < 1.29 is 5.11 Å². The van der Waals surface area contributed by atoms with Gasteiger partial charge in [0.25, 0.3) is 0 Å². The lowest BCUT2D eigenvalue weighted by atomic mass is 9.97. The molecule has 4 heterocycles. The molecular formula is C28H36BrN5O. The molecule has 1 aromatic carbocycles. The summed E-state index contributed by atoms with van der Waals surface area (Å²) in [6, 6.07) is 8.22. The van der Waals surface area contributed by atoms with Crippen molar-refractivity contribution in [3.8, 4) is 5.75 Å². The van der Waals surface area contributed by atoms with Crippen molar-refractivity contribution in [3.05, 3.63) is 52.3 Å². The average Bonchev–Trinajstić information content (AvgIpc) is 2.85. The highest BCUT2D eigenvalue weighted by molar-refractivity contribution is 9.10. The van der Waals surface area contributed by atoms with E-state index in [2.05, 4.69) is 67.0 Å². The van der Waals surface area contributed by atoms with Crippen LogP contribution in [0.2, 0.25) is 0 Å². The smallest absolute Gasteiger partial charge is 0.143 e. The van der Waals surface area contributed by atoms with Crippen LogP contribution in [0, 0.1) is 11.8 Å². The van der Waals surface area contributed by atoms with Gasteiger partial charge >= 0.3 is 0 Å². The number of benzene rings is 1. The number of halogens is 1. The zero-order chi connectivity index (χ0) is 24.4. The number of fused-ring (bicyclic) bond motifs is 1. The van der Waals surface area contributed by atoms with Crippen molar-refractivity contribution in [2.45, 2.75) is 52.6 Å². The van der Waals surface area contributed by atoms with E-state index in [1.54, 1.807) is 12.4 Å². The molecule has 2 aliphatic rings. The minimum absolute atomic E-state index is 0.335. The van der Waals surface area contributed by atoms with Crippen molar-refractivity contribution in [3.63, 3.8) is 0 Å². The summed E-state index contributed by atoms with van der Waals surface area (Å²) >= 11 is 3.48. The van der Waals surface area contributed by atoms with Crippen LogP contribution in [-0.4, -0.2) is 51.1 Å². The molecule has 7 heteroatoms. The molecule has 6 nitrogen and oxygen atoms in total. The Kier molecular flexibility index (Phi) is 7.56. The van der Waals surface area contributed by atoms with E-state index >= 15 is 0 Å². The predicted molar refractivity (Wildman–Crippen MR) is 146 cm³/mol. The van der Waals surface area contributed by atoms with Gasteiger partial charge in [-0.2, -0.15) is 0 Å². The average molecular weight is 539 g/mol. The van der Waals surface area contributed by atoms with Crippen molar-refractivity contribution >= 4 is 38.3 Å². The molecule has 3 aromatic rings. The number of hydrogen-bond acceptors (Lipinski definition) is 6. The maximum Gasteiger partial charge on any atom is 0.143 e. The van der Waals surface area contributed by atoms with Crippen molar-refractivity contribution in [1.82, 2.24) is 19.8 Å². The number of aromatic nitrogens is 2. The Morgan fingerprint density at radius 2 is 1.57 bits per heavy atom. The molecule has 5 rings (SSSR count). The van der Waals surface area contributed by atoms with Crippen LogP contribution in [-0.2, 0) is 13.1 Å². The van der Waals surface area contributed by atoms with Gasteiger partial charge in [-0.25, -0.2) is 0 Å². The number of piperidine rings is 2. The molecule has 2 N–H and O–H groups in total. The lowest BCUT2D eigenvalue weighted by Crippen LogP contribution is -2.33. The van der Waals surface area contributed by atoms with Crippen molar-refractivity contribution in [2.75, 3.05) is 31.5 Å². The number of rotatable bonds is 6. The van der Waals surface area contributed by atoms with E-state index < -0.39 is 0 Å². The number of anilines is 2. The first kappa shape index (κ1) is 24.5. The van der Waals surface area contributed by atoms with Gasteiger partial charge in [0.05, 0.1) is 16.9 Å². The van der Waals surface area contributed by atoms with Crippen LogP contribution in [0.25, 0.3) is 11.0 Å². The molecule has 2 saturated heterocycles. The Morgan fingerprint density at radius 1 is 0.914 bits per heavy atom. The van der Waals surface area contributed by atoms with Crippen LogP contribution in [0.15, 0.2) is 41.1 Å². The van der Waals surface area contributed by atoms with Crippen LogP contribution < -0.4 is 5.32 Å². The number of hydrogen-bond donors (Lipinski definition) is 2. The molecule has 2 fully saturated rings. The van der Waals surface area contributed by atoms with E-state index in [1.807, 2.05) is 12.1 Å². The standard InChI is InChI=1S/C28H36BrN5O/c1-19-4-9-33(10-5-19)17-21-13-22(18-34-11-6-20(2)7-12-34)28(35)26(14-21)32-24-3-8-30-25-15-23(29)16-31-27(24)25/h3,8,13-16,19-20,35H,4-7,9-12,17-18H2,1-2H3,(H,30,32). The molecule has 0 atom stereocenters. The van der Waals surface area contributed by atoms with E-state index in [4.69, 9.17) is 0 Å². The van der Waals surface area contributed by atoms with Crippen LogP contribution in [0.3, 0.4) is 0 Å². The topological polar surface area (TPSA) is 64.5 Å². The van der Waals surface area contributed by atoms with Crippen molar-refractivity contribution in [2.24, 2.45) is 11.8 Å². The third kappa shape index (κ3) is 5.96. The second-order valence-corrected chi connectivity index (χ2v) is 11.5. The van der Waals surface area contributed by atoms with E-state index in [9.17, 15) is 5.11 Å². The molecule has 0 amide bonds. The quantitative estimate of drug-likeness (QED) is 0.359. The first-order valence-electron chi connectivity index (χ1n) is 12.9. The van der Waals surface area contributed by atoms with E-state index in [0.717, 1.165) is 83.5 Å². The molecule has 0 bridgehead atoms. The predicted octanol–water partition coefficient (Wildman–Crippen LogP) is 6.31. The van der Waals surface area contributed by atoms with Gasteiger partial charge in [-0.1, -0.05) is 13.8 Å². The molecule has 0 unspecified atom stereocenters. The van der Waals surface area contributed by atoms with Crippen molar-refractivity contribution in [1.29, 1.82) is 0 Å². The number of phenolic OH excluding ortho intramolecular Hbond substituents is 1. The summed E-state index contributed by atoms with van der Waals surface area (Å²) in [5.74, 6) is 1.94. The molecule has 0 saturated carbocycles. The summed E-state index contributed by atoms with van der Waals surface area (Å²) in [4.78, 5) is 14.1. The van der Waals surface area contributed by atoms with Crippen LogP contribution in [0.4, 0.5) is 11.4 Å². The van der Waals surface area contributed by atoms with E-state index in [-0.39, 0.29) is 0 Å². The number of phenols is 1. The Morgan fingerprint density at radius 3 is 2.26 bits per heavy atom. The summed E-state index contributed by atoms with van der Waals surface area (Å²) in [7, 11) is 0.